The third-order valence-corrected chi connectivity index (χ3v) is 6.42. The molecule has 0 radical (unpaired) electrons. The number of hydrogen-bond acceptors (Lipinski definition) is 4. The van der Waals surface area contributed by atoms with Crippen molar-refractivity contribution in [1.29, 1.82) is 0 Å². The summed E-state index contributed by atoms with van der Waals surface area (Å²) in [5.41, 5.74) is 5.95. The number of rotatable bonds is 6. The van der Waals surface area contributed by atoms with Crippen molar-refractivity contribution in [2.45, 2.75) is 18.6 Å². The molecule has 5 nitrogen and oxygen atoms in total. The molecule has 1 aromatic carbocycles. The molecule has 10 heteroatoms. The molecule has 0 aliphatic rings. The molecule has 0 saturated heterocycles. The summed E-state index contributed by atoms with van der Waals surface area (Å²) in [4.78, 5) is 13.9. The Morgan fingerprint density at radius 1 is 1.34 bits per heavy atom. The molecule has 2 aromatic heterocycles. The zero-order valence-corrected chi connectivity index (χ0v) is 17.7. The first-order valence-electron chi connectivity index (χ1n) is 8.64. The van der Waals surface area contributed by atoms with E-state index in [1.54, 1.807) is 24.0 Å². The van der Waals surface area contributed by atoms with Crippen LogP contribution in [-0.4, -0.2) is 28.3 Å². The van der Waals surface area contributed by atoms with Crippen molar-refractivity contribution in [3.63, 3.8) is 0 Å². The van der Waals surface area contributed by atoms with Crippen LogP contribution in [0.2, 0.25) is 0 Å². The number of aromatic nitrogens is 2. The first-order chi connectivity index (χ1) is 13.7. The van der Waals surface area contributed by atoms with Crippen molar-refractivity contribution in [1.82, 2.24) is 15.1 Å². The van der Waals surface area contributed by atoms with Gasteiger partial charge in [-0.25, -0.2) is 0 Å². The van der Waals surface area contributed by atoms with Crippen LogP contribution in [0.15, 0.2) is 47.1 Å². The van der Waals surface area contributed by atoms with Gasteiger partial charge in [-0.2, -0.15) is 18.3 Å². The van der Waals surface area contributed by atoms with Gasteiger partial charge in [0.05, 0.1) is 21.0 Å². The average Bonchev–Trinajstić information content (AvgIpc) is 3.25. The molecule has 2 heterocycles. The van der Waals surface area contributed by atoms with Crippen LogP contribution in [0.5, 0.6) is 0 Å². The van der Waals surface area contributed by atoms with Crippen LogP contribution in [0.25, 0.3) is 10.6 Å². The molecule has 154 valence electrons. The SMILES string of the molecule is Cn1nccc1-c1sc(C(=O)N[C@H](CN)Cc2ccccc2C(F)(F)F)cc1Br. The highest BCUT2D eigenvalue weighted by atomic mass is 79.9. The minimum absolute atomic E-state index is 0.0130. The van der Waals surface area contributed by atoms with E-state index in [1.807, 2.05) is 6.07 Å². The van der Waals surface area contributed by atoms with E-state index in [4.69, 9.17) is 5.73 Å². The van der Waals surface area contributed by atoms with Gasteiger partial charge in [0, 0.05) is 30.3 Å². The third-order valence-electron chi connectivity index (χ3n) is 4.37. The van der Waals surface area contributed by atoms with Gasteiger partial charge in [-0.15, -0.1) is 11.3 Å². The van der Waals surface area contributed by atoms with E-state index < -0.39 is 17.8 Å². The second kappa shape index (κ2) is 8.68. The van der Waals surface area contributed by atoms with E-state index in [1.165, 1.54) is 29.5 Å². The highest BCUT2D eigenvalue weighted by molar-refractivity contribution is 9.10. The van der Waals surface area contributed by atoms with Crippen LogP contribution in [0.3, 0.4) is 0 Å². The highest BCUT2D eigenvalue weighted by Gasteiger charge is 2.33. The van der Waals surface area contributed by atoms with Gasteiger partial charge in [0.1, 0.15) is 0 Å². The van der Waals surface area contributed by atoms with Crippen molar-refractivity contribution < 1.29 is 18.0 Å². The summed E-state index contributed by atoms with van der Waals surface area (Å²) in [7, 11) is 1.80. The van der Waals surface area contributed by atoms with Crippen LogP contribution in [0.1, 0.15) is 20.8 Å². The molecule has 0 spiro atoms. The molecule has 3 aromatic rings. The number of carbonyl (C=O) groups excluding carboxylic acids is 1. The first-order valence-corrected chi connectivity index (χ1v) is 10.3. The molecule has 0 unspecified atom stereocenters. The van der Waals surface area contributed by atoms with Crippen molar-refractivity contribution in [2.24, 2.45) is 12.8 Å². The smallest absolute Gasteiger partial charge is 0.347 e. The summed E-state index contributed by atoms with van der Waals surface area (Å²) in [6, 6.07) is 8.18. The number of benzene rings is 1. The van der Waals surface area contributed by atoms with E-state index in [9.17, 15) is 18.0 Å². The molecule has 29 heavy (non-hydrogen) atoms. The Bertz CT molecular complexity index is 1020. The fourth-order valence-corrected chi connectivity index (χ4v) is 4.78. The zero-order valence-electron chi connectivity index (χ0n) is 15.3. The van der Waals surface area contributed by atoms with Crippen LogP contribution in [0, 0.1) is 0 Å². The van der Waals surface area contributed by atoms with Gasteiger partial charge in [-0.3, -0.25) is 9.48 Å². The van der Waals surface area contributed by atoms with Crippen molar-refractivity contribution in [3.8, 4) is 10.6 Å². The normalized spacial score (nSPS) is 12.8. The van der Waals surface area contributed by atoms with Crippen molar-refractivity contribution in [3.05, 3.63) is 63.1 Å². The number of thiophene rings is 1. The molecule has 1 atom stereocenters. The van der Waals surface area contributed by atoms with Gasteiger partial charge in [0.2, 0.25) is 0 Å². The van der Waals surface area contributed by atoms with Gasteiger partial charge in [-0.1, -0.05) is 18.2 Å². The number of nitrogens with one attached hydrogen (secondary N) is 1. The molecule has 3 rings (SSSR count). The standard InChI is InChI=1S/C19H18BrF3N4OS/c1-27-15(6-7-25-27)17-14(20)9-16(29-17)18(28)26-12(10-24)8-11-4-2-3-5-13(11)19(21,22)23/h2-7,9,12H,8,10,24H2,1H3,(H,26,28)/t12-/m0/s1. The number of halogens is 4. The lowest BCUT2D eigenvalue weighted by molar-refractivity contribution is -0.138. The quantitative estimate of drug-likeness (QED) is 0.547. The first kappa shape index (κ1) is 21.5. The predicted molar refractivity (Wildman–Crippen MR) is 110 cm³/mol. The van der Waals surface area contributed by atoms with Crippen LogP contribution < -0.4 is 11.1 Å². The molecule has 0 bridgehead atoms. The molecular formula is C19H18BrF3N4OS. The van der Waals surface area contributed by atoms with Gasteiger partial charge in [-0.05, 0) is 46.1 Å². The number of hydrogen-bond donors (Lipinski definition) is 2. The number of carbonyl (C=O) groups is 1. The third kappa shape index (κ3) is 4.88. The van der Waals surface area contributed by atoms with E-state index in [0.29, 0.717) is 4.88 Å². The molecule has 3 N–H and O–H groups in total. The zero-order chi connectivity index (χ0) is 21.2. The van der Waals surface area contributed by atoms with Crippen LogP contribution in [0.4, 0.5) is 13.2 Å². The molecular weight excluding hydrogens is 469 g/mol. The van der Waals surface area contributed by atoms with Gasteiger partial charge >= 0.3 is 6.18 Å². The summed E-state index contributed by atoms with van der Waals surface area (Å²) >= 11 is 4.71. The molecule has 1 amide bonds. The Kier molecular flexibility index (Phi) is 6.45. The maximum atomic E-state index is 13.2. The Balaban J connectivity index is 1.77. The van der Waals surface area contributed by atoms with Crippen molar-refractivity contribution in [2.75, 3.05) is 6.54 Å². The number of aryl methyl sites for hydroxylation is 1. The maximum absolute atomic E-state index is 13.2. The van der Waals surface area contributed by atoms with Gasteiger partial charge in [0.15, 0.2) is 0 Å². The lowest BCUT2D eigenvalue weighted by Gasteiger charge is -2.19. The lowest BCUT2D eigenvalue weighted by Crippen LogP contribution is -2.41. The minimum Gasteiger partial charge on any atom is -0.347 e. The average molecular weight is 487 g/mol. The monoisotopic (exact) mass is 486 g/mol. The summed E-state index contributed by atoms with van der Waals surface area (Å²) in [5, 5.41) is 6.86. The summed E-state index contributed by atoms with van der Waals surface area (Å²) < 4.78 is 42.1. The topological polar surface area (TPSA) is 72.9 Å². The minimum atomic E-state index is -4.46. The summed E-state index contributed by atoms with van der Waals surface area (Å²) in [5.74, 6) is -0.385. The molecule has 0 aliphatic carbocycles. The van der Waals surface area contributed by atoms with Crippen LogP contribution in [-0.2, 0) is 19.6 Å². The second-order valence-electron chi connectivity index (χ2n) is 6.39. The Labute approximate surface area is 177 Å². The maximum Gasteiger partial charge on any atom is 0.416 e. The van der Waals surface area contributed by atoms with Gasteiger partial charge in [0.25, 0.3) is 5.91 Å². The predicted octanol–water partition coefficient (Wildman–Crippen LogP) is 4.23. The second-order valence-corrected chi connectivity index (χ2v) is 8.30. The summed E-state index contributed by atoms with van der Waals surface area (Å²) in [6.07, 6.45) is -2.82. The number of amides is 1. The van der Waals surface area contributed by atoms with E-state index in [-0.39, 0.29) is 24.4 Å². The molecule has 0 fully saturated rings. The van der Waals surface area contributed by atoms with E-state index in [0.717, 1.165) is 21.1 Å². The Morgan fingerprint density at radius 2 is 2.07 bits per heavy atom. The summed E-state index contributed by atoms with van der Waals surface area (Å²) in [6.45, 7) is 0.0130. The van der Waals surface area contributed by atoms with Crippen LogP contribution >= 0.6 is 27.3 Å². The van der Waals surface area contributed by atoms with E-state index >= 15 is 0 Å². The number of alkyl halides is 3. The fourth-order valence-electron chi connectivity index (χ4n) is 2.94. The lowest BCUT2D eigenvalue weighted by atomic mass is 9.99. The Morgan fingerprint density at radius 3 is 2.69 bits per heavy atom. The van der Waals surface area contributed by atoms with Gasteiger partial charge < -0.3 is 11.1 Å². The number of nitrogens with two attached hydrogens (primary N) is 1. The Hall–Kier alpha value is -2.17. The molecule has 0 saturated carbocycles. The fraction of sp³-hybridized carbons (Fsp3) is 0.263. The largest absolute Gasteiger partial charge is 0.416 e. The molecule has 0 aliphatic heterocycles. The van der Waals surface area contributed by atoms with E-state index in [2.05, 4.69) is 26.3 Å². The van der Waals surface area contributed by atoms with Crippen molar-refractivity contribution >= 4 is 33.2 Å². The highest BCUT2D eigenvalue weighted by Crippen LogP contribution is 2.36. The number of nitrogens with zero attached hydrogens (tertiary/aromatic N) is 2.